The second kappa shape index (κ2) is 5.22. The summed E-state index contributed by atoms with van der Waals surface area (Å²) in [6.07, 6.45) is 0. The first kappa shape index (κ1) is 14.2. The molecule has 6 nitrogen and oxygen atoms in total. The van der Waals surface area contributed by atoms with Gasteiger partial charge in [0.15, 0.2) is 5.76 Å². The van der Waals surface area contributed by atoms with Crippen LogP contribution in [-0.4, -0.2) is 23.0 Å². The highest BCUT2D eigenvalue weighted by Crippen LogP contribution is 2.20. The Hall–Kier alpha value is -1.82. The summed E-state index contributed by atoms with van der Waals surface area (Å²) in [6, 6.07) is 2.07. The Morgan fingerprint density at radius 1 is 1.44 bits per heavy atom. The number of furan rings is 1. The molecule has 0 fully saturated rings. The second-order valence-electron chi connectivity index (χ2n) is 5.08. The minimum absolute atomic E-state index is 0.0611. The lowest BCUT2D eigenvalue weighted by atomic mass is 9.87. The number of amides is 1. The van der Waals surface area contributed by atoms with Crippen LogP contribution < -0.4 is 11.1 Å². The molecule has 1 aromatic rings. The summed E-state index contributed by atoms with van der Waals surface area (Å²) in [4.78, 5) is 22.9. The molecule has 0 saturated heterocycles. The number of aliphatic carboxylic acids is 1. The Morgan fingerprint density at radius 3 is 2.44 bits per heavy atom. The number of nitrogens with two attached hydrogens (primary N) is 1. The molecule has 1 rings (SSSR count). The zero-order valence-electron chi connectivity index (χ0n) is 10.7. The number of carboxylic acid groups (broad SMARTS) is 1. The van der Waals surface area contributed by atoms with Crippen LogP contribution in [0, 0.1) is 5.41 Å². The van der Waals surface area contributed by atoms with Crippen LogP contribution in [0.5, 0.6) is 0 Å². The molecule has 1 amide bonds. The van der Waals surface area contributed by atoms with Crippen LogP contribution in [-0.2, 0) is 11.3 Å². The van der Waals surface area contributed by atoms with Crippen LogP contribution in [0.2, 0.25) is 0 Å². The van der Waals surface area contributed by atoms with Gasteiger partial charge in [0.05, 0.1) is 6.54 Å². The molecule has 1 aromatic heterocycles. The average Bonchev–Trinajstić information content (AvgIpc) is 2.71. The molecule has 100 valence electrons. The number of nitrogens with one attached hydrogen (secondary N) is 1. The molecule has 1 atom stereocenters. The number of carbonyl (C=O) groups is 2. The van der Waals surface area contributed by atoms with Crippen LogP contribution in [0.25, 0.3) is 0 Å². The highest BCUT2D eigenvalue weighted by molar-refractivity contribution is 5.94. The molecule has 18 heavy (non-hydrogen) atoms. The molecule has 0 bridgehead atoms. The lowest BCUT2D eigenvalue weighted by Crippen LogP contribution is -2.49. The van der Waals surface area contributed by atoms with Gasteiger partial charge in [-0.2, -0.15) is 0 Å². The molecule has 1 heterocycles. The normalized spacial score (nSPS) is 13.1. The molecule has 0 radical (unpaired) electrons. The van der Waals surface area contributed by atoms with E-state index in [1.807, 2.05) is 0 Å². The quantitative estimate of drug-likeness (QED) is 0.742. The van der Waals surface area contributed by atoms with Crippen LogP contribution in [0.15, 0.2) is 16.5 Å². The van der Waals surface area contributed by atoms with Gasteiger partial charge in [-0.1, -0.05) is 20.8 Å². The van der Waals surface area contributed by atoms with Gasteiger partial charge in [-0.05, 0) is 17.5 Å². The fourth-order valence-electron chi connectivity index (χ4n) is 1.46. The van der Waals surface area contributed by atoms with Crippen LogP contribution in [0.4, 0.5) is 0 Å². The minimum atomic E-state index is -1.08. The zero-order valence-corrected chi connectivity index (χ0v) is 10.7. The fourth-order valence-corrected chi connectivity index (χ4v) is 1.46. The van der Waals surface area contributed by atoms with E-state index >= 15 is 0 Å². The van der Waals surface area contributed by atoms with Crippen LogP contribution in [0.1, 0.15) is 37.1 Å². The lowest BCUT2D eigenvalue weighted by Gasteiger charge is -2.27. The van der Waals surface area contributed by atoms with Gasteiger partial charge in [-0.3, -0.25) is 4.79 Å². The van der Waals surface area contributed by atoms with Crippen LogP contribution in [0.3, 0.4) is 0 Å². The fraction of sp³-hybridized carbons (Fsp3) is 0.500. The third-order valence-electron chi connectivity index (χ3n) is 2.48. The van der Waals surface area contributed by atoms with Crippen molar-refractivity contribution in [2.24, 2.45) is 11.1 Å². The van der Waals surface area contributed by atoms with E-state index in [1.165, 1.54) is 6.07 Å². The molecule has 0 aromatic carbocycles. The topological polar surface area (TPSA) is 106 Å². The first-order valence-corrected chi connectivity index (χ1v) is 5.58. The van der Waals surface area contributed by atoms with Gasteiger partial charge >= 0.3 is 5.97 Å². The molecular formula is C12H18N2O4. The third kappa shape index (κ3) is 3.33. The standard InChI is InChI=1S/C12H18N2O4/c1-12(2,3)9(11(16)17)14-10(15)8-5-4-7(6-13)18-8/h4-5,9H,6,13H2,1-3H3,(H,14,15)(H,16,17)/t9-/m0/s1. The first-order valence-electron chi connectivity index (χ1n) is 5.58. The molecule has 0 spiro atoms. The highest BCUT2D eigenvalue weighted by Gasteiger charge is 2.33. The van der Waals surface area contributed by atoms with Gasteiger partial charge < -0.3 is 20.6 Å². The Balaban J connectivity index is 2.82. The Bertz CT molecular complexity index is 445. The van der Waals surface area contributed by atoms with E-state index in [0.717, 1.165) is 0 Å². The van der Waals surface area contributed by atoms with E-state index in [0.29, 0.717) is 5.76 Å². The van der Waals surface area contributed by atoms with E-state index in [9.17, 15) is 9.59 Å². The average molecular weight is 254 g/mol. The van der Waals surface area contributed by atoms with E-state index in [1.54, 1.807) is 26.8 Å². The van der Waals surface area contributed by atoms with E-state index < -0.39 is 23.3 Å². The first-order chi connectivity index (χ1) is 8.25. The number of carbonyl (C=O) groups excluding carboxylic acids is 1. The summed E-state index contributed by atoms with van der Waals surface area (Å²) in [5, 5.41) is 11.5. The number of hydrogen-bond acceptors (Lipinski definition) is 4. The second-order valence-corrected chi connectivity index (χ2v) is 5.08. The molecule has 0 aliphatic carbocycles. The largest absolute Gasteiger partial charge is 0.480 e. The van der Waals surface area contributed by atoms with Gasteiger partial charge in [0, 0.05) is 0 Å². The van der Waals surface area contributed by atoms with Gasteiger partial charge in [0.2, 0.25) is 0 Å². The summed E-state index contributed by atoms with van der Waals surface area (Å²) in [5.41, 5.74) is 4.77. The predicted molar refractivity (Wildman–Crippen MR) is 64.9 cm³/mol. The van der Waals surface area contributed by atoms with E-state index in [2.05, 4.69) is 5.32 Å². The minimum Gasteiger partial charge on any atom is -0.480 e. The molecule has 4 N–H and O–H groups in total. The summed E-state index contributed by atoms with van der Waals surface area (Å²) in [6.45, 7) is 5.40. The maximum absolute atomic E-state index is 11.8. The molecule has 0 unspecified atom stereocenters. The lowest BCUT2D eigenvalue weighted by molar-refractivity contribution is -0.142. The van der Waals surface area contributed by atoms with Gasteiger partial charge in [0.25, 0.3) is 5.91 Å². The SMILES string of the molecule is CC(C)(C)[C@@H](NC(=O)c1ccc(CN)o1)C(=O)O. The number of rotatable bonds is 4. The number of hydrogen-bond donors (Lipinski definition) is 3. The highest BCUT2D eigenvalue weighted by atomic mass is 16.4. The van der Waals surface area contributed by atoms with Crippen molar-refractivity contribution in [2.75, 3.05) is 0 Å². The predicted octanol–water partition coefficient (Wildman–Crippen LogP) is 0.967. The van der Waals surface area contributed by atoms with Gasteiger partial charge in [-0.15, -0.1) is 0 Å². The maximum Gasteiger partial charge on any atom is 0.326 e. The molecular weight excluding hydrogens is 236 g/mol. The van der Waals surface area contributed by atoms with Crippen molar-refractivity contribution >= 4 is 11.9 Å². The van der Waals surface area contributed by atoms with Crippen molar-refractivity contribution < 1.29 is 19.1 Å². The number of carboxylic acids is 1. The summed E-state index contributed by atoms with van der Waals surface area (Å²) in [7, 11) is 0. The van der Waals surface area contributed by atoms with Crippen molar-refractivity contribution in [3.05, 3.63) is 23.7 Å². The van der Waals surface area contributed by atoms with Crippen molar-refractivity contribution in [3.63, 3.8) is 0 Å². The maximum atomic E-state index is 11.8. The van der Waals surface area contributed by atoms with Crippen molar-refractivity contribution in [1.29, 1.82) is 0 Å². The summed E-state index contributed by atoms with van der Waals surface area (Å²) >= 11 is 0. The molecule has 0 aliphatic heterocycles. The van der Waals surface area contributed by atoms with E-state index in [4.69, 9.17) is 15.3 Å². The Kier molecular flexibility index (Phi) is 4.13. The van der Waals surface area contributed by atoms with Gasteiger partial charge in [0.1, 0.15) is 11.8 Å². The Morgan fingerprint density at radius 2 is 2.06 bits per heavy atom. The van der Waals surface area contributed by atoms with E-state index in [-0.39, 0.29) is 12.3 Å². The smallest absolute Gasteiger partial charge is 0.326 e. The Labute approximate surface area is 105 Å². The molecule has 0 saturated carbocycles. The van der Waals surface area contributed by atoms with Gasteiger partial charge in [-0.25, -0.2) is 4.79 Å². The van der Waals surface area contributed by atoms with Crippen molar-refractivity contribution in [2.45, 2.75) is 33.4 Å². The molecule has 0 aliphatic rings. The summed E-state index contributed by atoms with van der Waals surface area (Å²) in [5.74, 6) is -1.10. The summed E-state index contributed by atoms with van der Waals surface area (Å²) < 4.78 is 5.16. The third-order valence-corrected chi connectivity index (χ3v) is 2.48. The van der Waals surface area contributed by atoms with Crippen molar-refractivity contribution in [3.8, 4) is 0 Å². The molecule has 6 heteroatoms. The van der Waals surface area contributed by atoms with Crippen LogP contribution >= 0.6 is 0 Å². The van der Waals surface area contributed by atoms with Crippen molar-refractivity contribution in [1.82, 2.24) is 5.32 Å². The zero-order chi connectivity index (χ0) is 13.9. The monoisotopic (exact) mass is 254 g/mol.